The Morgan fingerprint density at radius 3 is 1.62 bits per heavy atom. The number of aryl methyl sites for hydroxylation is 2. The summed E-state index contributed by atoms with van der Waals surface area (Å²) in [5.41, 5.74) is 2.83. The average molecular weight is 322 g/mol. The van der Waals surface area contributed by atoms with Crippen LogP contribution < -0.4 is 10.6 Å². The van der Waals surface area contributed by atoms with Crippen LogP contribution in [-0.4, -0.2) is 18.2 Å². The summed E-state index contributed by atoms with van der Waals surface area (Å²) in [6.45, 7) is 3.52. The van der Waals surface area contributed by atoms with Crippen molar-refractivity contribution in [3.05, 3.63) is 47.5 Å². The fourth-order valence-electron chi connectivity index (χ4n) is 2.18. The van der Waals surface area contributed by atoms with Crippen molar-refractivity contribution in [2.24, 2.45) is 9.98 Å². The van der Waals surface area contributed by atoms with E-state index in [1.807, 2.05) is 0 Å². The van der Waals surface area contributed by atoms with Gasteiger partial charge < -0.3 is 10.6 Å². The van der Waals surface area contributed by atoms with Gasteiger partial charge in [0.15, 0.2) is 0 Å². The third-order valence-electron chi connectivity index (χ3n) is 3.29. The Balaban J connectivity index is 2.27. The van der Waals surface area contributed by atoms with Gasteiger partial charge in [-0.2, -0.15) is 9.98 Å². The standard InChI is InChI=1S/C17H14N4O3/c1-11-5-3-7-13(15(11)18-9-22)20-17(24)21-14-8-4-6-12(2)16(14)19-10-23/h3-8H,1-2H3,(H2,20,21,24). The van der Waals surface area contributed by atoms with E-state index in [1.54, 1.807) is 50.2 Å². The molecule has 24 heavy (non-hydrogen) atoms. The summed E-state index contributed by atoms with van der Waals surface area (Å²) in [6, 6.07) is 9.64. The molecule has 0 atom stereocenters. The van der Waals surface area contributed by atoms with Crippen LogP contribution in [0.1, 0.15) is 11.1 Å². The maximum Gasteiger partial charge on any atom is 0.323 e. The summed E-state index contributed by atoms with van der Waals surface area (Å²) in [4.78, 5) is 40.5. The summed E-state index contributed by atoms with van der Waals surface area (Å²) >= 11 is 0. The maximum absolute atomic E-state index is 12.2. The largest absolute Gasteiger partial charge is 0.323 e. The normalized spacial score (nSPS) is 9.42. The first kappa shape index (κ1) is 16.8. The van der Waals surface area contributed by atoms with Crippen molar-refractivity contribution < 1.29 is 14.4 Å². The summed E-state index contributed by atoms with van der Waals surface area (Å²) in [6.07, 6.45) is 2.93. The van der Waals surface area contributed by atoms with Crippen LogP contribution in [-0.2, 0) is 9.59 Å². The lowest BCUT2D eigenvalue weighted by molar-refractivity contribution is 0.262. The van der Waals surface area contributed by atoms with Gasteiger partial charge in [0.2, 0.25) is 12.2 Å². The first-order valence-electron chi connectivity index (χ1n) is 6.99. The molecule has 0 heterocycles. The number of anilines is 2. The third kappa shape index (κ3) is 3.81. The first-order chi connectivity index (χ1) is 11.6. The second kappa shape index (κ2) is 7.65. The number of aliphatic imine (C=N–C) groups is 2. The molecule has 120 valence electrons. The number of amides is 2. The predicted octanol–water partition coefficient (Wildman–Crippen LogP) is 3.88. The topological polar surface area (TPSA) is 100.0 Å². The molecule has 2 amide bonds. The zero-order valence-electron chi connectivity index (χ0n) is 13.1. The van der Waals surface area contributed by atoms with E-state index in [-0.39, 0.29) is 0 Å². The molecule has 0 unspecified atom stereocenters. The Morgan fingerprint density at radius 1 is 0.833 bits per heavy atom. The van der Waals surface area contributed by atoms with E-state index in [9.17, 15) is 14.4 Å². The second-order valence-corrected chi connectivity index (χ2v) is 4.93. The minimum Gasteiger partial charge on any atom is -0.306 e. The number of carbonyl (C=O) groups excluding carboxylic acids is 3. The molecular weight excluding hydrogens is 308 g/mol. The Bertz CT molecular complexity index is 808. The van der Waals surface area contributed by atoms with Gasteiger partial charge in [0.1, 0.15) is 11.4 Å². The Morgan fingerprint density at radius 2 is 1.25 bits per heavy atom. The average Bonchev–Trinajstić information content (AvgIpc) is 2.54. The minimum atomic E-state index is -0.559. The first-order valence-corrected chi connectivity index (χ1v) is 6.99. The number of rotatable bonds is 4. The van der Waals surface area contributed by atoms with Crippen molar-refractivity contribution >= 4 is 40.9 Å². The molecule has 0 aromatic heterocycles. The fourth-order valence-corrected chi connectivity index (χ4v) is 2.18. The highest BCUT2D eigenvalue weighted by atomic mass is 16.2. The number of isocyanates is 2. The number of carbonyl (C=O) groups is 1. The van der Waals surface area contributed by atoms with Crippen LogP contribution in [0.5, 0.6) is 0 Å². The molecule has 0 radical (unpaired) electrons. The molecule has 0 spiro atoms. The zero-order valence-corrected chi connectivity index (χ0v) is 13.1. The Kier molecular flexibility index (Phi) is 5.36. The van der Waals surface area contributed by atoms with Gasteiger partial charge in [-0.05, 0) is 37.1 Å². The SMILES string of the molecule is Cc1cccc(NC(=O)Nc2cccc(C)c2N=C=O)c1N=C=O. The molecule has 2 aromatic rings. The van der Waals surface area contributed by atoms with Gasteiger partial charge in [-0.25, -0.2) is 14.4 Å². The molecule has 0 fully saturated rings. The Hall–Kier alpha value is -3.53. The molecule has 0 aliphatic carbocycles. The van der Waals surface area contributed by atoms with Crippen LogP contribution in [0.4, 0.5) is 27.5 Å². The molecule has 0 saturated carbocycles. The molecule has 7 heteroatoms. The maximum atomic E-state index is 12.2. The highest BCUT2D eigenvalue weighted by Crippen LogP contribution is 2.30. The van der Waals surface area contributed by atoms with E-state index < -0.39 is 6.03 Å². The van der Waals surface area contributed by atoms with Gasteiger partial charge in [-0.15, -0.1) is 0 Å². The quantitative estimate of drug-likeness (QED) is 0.659. The Labute approximate surface area is 138 Å². The summed E-state index contributed by atoms with van der Waals surface area (Å²) in [5.74, 6) is 0. The predicted molar refractivity (Wildman–Crippen MR) is 90.6 cm³/mol. The summed E-state index contributed by atoms with van der Waals surface area (Å²) in [7, 11) is 0. The highest BCUT2D eigenvalue weighted by molar-refractivity contribution is 6.03. The molecule has 2 N–H and O–H groups in total. The van der Waals surface area contributed by atoms with Crippen molar-refractivity contribution in [3.63, 3.8) is 0 Å². The zero-order chi connectivity index (χ0) is 17.5. The van der Waals surface area contributed by atoms with E-state index in [0.717, 1.165) is 11.1 Å². The van der Waals surface area contributed by atoms with Gasteiger partial charge in [-0.3, -0.25) is 0 Å². The minimum absolute atomic E-state index is 0.332. The lowest BCUT2D eigenvalue weighted by atomic mass is 10.1. The van der Waals surface area contributed by atoms with Crippen LogP contribution >= 0.6 is 0 Å². The molecule has 0 aliphatic heterocycles. The second-order valence-electron chi connectivity index (χ2n) is 4.93. The van der Waals surface area contributed by atoms with Crippen molar-refractivity contribution in [2.75, 3.05) is 10.6 Å². The van der Waals surface area contributed by atoms with Crippen molar-refractivity contribution in [2.45, 2.75) is 13.8 Å². The van der Waals surface area contributed by atoms with Crippen molar-refractivity contribution in [1.82, 2.24) is 0 Å². The number of hydrogen-bond donors (Lipinski definition) is 2. The summed E-state index contributed by atoms with van der Waals surface area (Å²) < 4.78 is 0. The van der Waals surface area contributed by atoms with Crippen LogP contribution in [0.15, 0.2) is 46.4 Å². The smallest absolute Gasteiger partial charge is 0.306 e. The van der Waals surface area contributed by atoms with Gasteiger partial charge in [-0.1, -0.05) is 24.3 Å². The fraction of sp³-hybridized carbons (Fsp3) is 0.118. The molecule has 7 nitrogen and oxygen atoms in total. The molecule has 2 aromatic carbocycles. The molecule has 0 saturated heterocycles. The lowest BCUT2D eigenvalue weighted by Crippen LogP contribution is -2.19. The monoisotopic (exact) mass is 322 g/mol. The van der Waals surface area contributed by atoms with Crippen molar-refractivity contribution in [3.8, 4) is 0 Å². The van der Waals surface area contributed by atoms with E-state index in [0.29, 0.717) is 22.7 Å². The number of para-hydroxylation sites is 2. The molecule has 2 rings (SSSR count). The van der Waals surface area contributed by atoms with Crippen LogP contribution in [0, 0.1) is 13.8 Å². The van der Waals surface area contributed by atoms with E-state index >= 15 is 0 Å². The molecule has 0 bridgehead atoms. The number of hydrogen-bond acceptors (Lipinski definition) is 5. The van der Waals surface area contributed by atoms with Gasteiger partial charge in [0, 0.05) is 0 Å². The van der Waals surface area contributed by atoms with Gasteiger partial charge in [0.25, 0.3) is 0 Å². The van der Waals surface area contributed by atoms with Crippen LogP contribution in [0.3, 0.4) is 0 Å². The van der Waals surface area contributed by atoms with E-state index in [4.69, 9.17) is 0 Å². The number of nitrogens with one attached hydrogen (secondary N) is 2. The van der Waals surface area contributed by atoms with E-state index in [1.165, 1.54) is 12.2 Å². The van der Waals surface area contributed by atoms with Gasteiger partial charge in [0.05, 0.1) is 11.4 Å². The van der Waals surface area contributed by atoms with Gasteiger partial charge >= 0.3 is 6.03 Å². The third-order valence-corrected chi connectivity index (χ3v) is 3.29. The van der Waals surface area contributed by atoms with Crippen LogP contribution in [0.25, 0.3) is 0 Å². The van der Waals surface area contributed by atoms with Crippen molar-refractivity contribution in [1.29, 1.82) is 0 Å². The number of benzene rings is 2. The number of nitrogens with zero attached hydrogens (tertiary/aromatic N) is 2. The molecule has 0 aliphatic rings. The molecular formula is C17H14N4O3. The summed E-state index contributed by atoms with van der Waals surface area (Å²) in [5, 5.41) is 5.22. The highest BCUT2D eigenvalue weighted by Gasteiger charge is 2.11. The number of urea groups is 1. The lowest BCUT2D eigenvalue weighted by Gasteiger charge is -2.12. The van der Waals surface area contributed by atoms with E-state index in [2.05, 4.69) is 20.6 Å². The van der Waals surface area contributed by atoms with Crippen LogP contribution in [0.2, 0.25) is 0 Å².